The molecule has 0 amide bonds. The van der Waals surface area contributed by atoms with E-state index >= 15 is 0 Å². The van der Waals surface area contributed by atoms with Gasteiger partial charge in [0.2, 0.25) is 0 Å². The second kappa shape index (κ2) is 3.87. The lowest BCUT2D eigenvalue weighted by molar-refractivity contribution is 0.578. The van der Waals surface area contributed by atoms with Crippen molar-refractivity contribution in [3.05, 3.63) is 53.4 Å². The predicted molar refractivity (Wildman–Crippen MR) is 72.1 cm³/mol. The molecule has 2 aromatic carbocycles. The van der Waals surface area contributed by atoms with Crippen LogP contribution in [0.15, 0.2) is 47.9 Å². The molecule has 0 unspecified atom stereocenters. The zero-order valence-corrected chi connectivity index (χ0v) is 10.00. The first kappa shape index (κ1) is 9.79. The van der Waals surface area contributed by atoms with Crippen molar-refractivity contribution < 1.29 is 0 Å². The third-order valence-electron chi connectivity index (χ3n) is 2.92. The second-order valence-corrected chi connectivity index (χ2v) is 4.89. The van der Waals surface area contributed by atoms with Crippen molar-refractivity contribution >= 4 is 28.2 Å². The summed E-state index contributed by atoms with van der Waals surface area (Å²) in [5.41, 5.74) is 2.64. The van der Waals surface area contributed by atoms with Crippen LogP contribution in [0.4, 0.5) is 0 Å². The molecule has 1 aliphatic heterocycles. The van der Waals surface area contributed by atoms with Crippen molar-refractivity contribution in [3.8, 4) is 0 Å². The average Bonchev–Trinajstić information content (AvgIpc) is 2.75. The normalized spacial score (nSPS) is 15.6. The molecule has 2 aromatic rings. The van der Waals surface area contributed by atoms with Gasteiger partial charge in [0, 0.05) is 7.05 Å². The van der Waals surface area contributed by atoms with Crippen LogP contribution in [-0.4, -0.2) is 17.8 Å². The highest BCUT2D eigenvalue weighted by Gasteiger charge is 2.12. The standard InChI is InChI=1S/C14H13NS/c1-15-10-16-9-14(15)13-7-6-11-4-2-3-5-12(11)8-13/h2-9H,10H2,1H3. The van der Waals surface area contributed by atoms with Crippen LogP contribution < -0.4 is 0 Å². The fraction of sp³-hybridized carbons (Fsp3) is 0.143. The molecule has 3 rings (SSSR count). The van der Waals surface area contributed by atoms with Gasteiger partial charge in [-0.3, -0.25) is 0 Å². The van der Waals surface area contributed by atoms with Gasteiger partial charge in [-0.2, -0.15) is 0 Å². The molecule has 80 valence electrons. The summed E-state index contributed by atoms with van der Waals surface area (Å²) in [6.45, 7) is 0. The Bertz CT molecular complexity index is 559. The monoisotopic (exact) mass is 227 g/mol. The molecule has 0 bridgehead atoms. The molecule has 0 aromatic heterocycles. The maximum atomic E-state index is 2.29. The van der Waals surface area contributed by atoms with Crippen molar-refractivity contribution in [2.75, 3.05) is 12.9 Å². The summed E-state index contributed by atoms with van der Waals surface area (Å²) in [6, 6.07) is 15.2. The zero-order valence-electron chi connectivity index (χ0n) is 9.18. The topological polar surface area (TPSA) is 3.24 Å². The first-order valence-electron chi connectivity index (χ1n) is 5.37. The minimum atomic E-state index is 1.06. The van der Waals surface area contributed by atoms with Gasteiger partial charge in [-0.1, -0.05) is 36.4 Å². The SMILES string of the molecule is CN1CSC=C1c1ccc2ccccc2c1. The quantitative estimate of drug-likeness (QED) is 0.729. The molecule has 0 fully saturated rings. The summed E-state index contributed by atoms with van der Waals surface area (Å²) in [6.07, 6.45) is 0. The van der Waals surface area contributed by atoms with Crippen LogP contribution in [0.3, 0.4) is 0 Å². The maximum Gasteiger partial charge on any atom is 0.0677 e. The molecule has 0 spiro atoms. The minimum absolute atomic E-state index is 1.06. The Kier molecular flexibility index (Phi) is 2.37. The van der Waals surface area contributed by atoms with Gasteiger partial charge < -0.3 is 4.90 Å². The van der Waals surface area contributed by atoms with E-state index in [1.54, 1.807) is 0 Å². The number of fused-ring (bicyclic) bond motifs is 1. The van der Waals surface area contributed by atoms with E-state index in [2.05, 4.69) is 59.8 Å². The highest BCUT2D eigenvalue weighted by atomic mass is 32.2. The van der Waals surface area contributed by atoms with Crippen molar-refractivity contribution in [1.29, 1.82) is 0 Å². The van der Waals surface area contributed by atoms with Gasteiger partial charge >= 0.3 is 0 Å². The first-order valence-corrected chi connectivity index (χ1v) is 6.41. The van der Waals surface area contributed by atoms with E-state index in [9.17, 15) is 0 Å². The van der Waals surface area contributed by atoms with Crippen molar-refractivity contribution in [3.63, 3.8) is 0 Å². The summed E-state index contributed by atoms with van der Waals surface area (Å²) in [5.74, 6) is 1.06. The Morgan fingerprint density at radius 1 is 1.06 bits per heavy atom. The van der Waals surface area contributed by atoms with Gasteiger partial charge in [-0.15, -0.1) is 11.8 Å². The minimum Gasteiger partial charge on any atom is -0.364 e. The molecule has 0 saturated carbocycles. The molecular formula is C14H13NS. The Hall–Kier alpha value is -1.41. The number of hydrogen-bond acceptors (Lipinski definition) is 2. The lowest BCUT2D eigenvalue weighted by Gasteiger charge is -2.15. The summed E-state index contributed by atoms with van der Waals surface area (Å²) in [7, 11) is 2.14. The molecule has 2 heteroatoms. The Balaban J connectivity index is 2.12. The lowest BCUT2D eigenvalue weighted by atomic mass is 10.1. The highest BCUT2D eigenvalue weighted by Crippen LogP contribution is 2.30. The molecule has 0 saturated heterocycles. The fourth-order valence-corrected chi connectivity index (χ4v) is 2.94. The molecule has 0 aliphatic carbocycles. The molecule has 1 heterocycles. The molecule has 16 heavy (non-hydrogen) atoms. The summed E-state index contributed by atoms with van der Waals surface area (Å²) >= 11 is 1.85. The van der Waals surface area contributed by atoms with Crippen molar-refractivity contribution in [1.82, 2.24) is 4.90 Å². The maximum absolute atomic E-state index is 2.29. The predicted octanol–water partition coefficient (Wildman–Crippen LogP) is 3.77. The molecule has 1 aliphatic rings. The summed E-state index contributed by atoms with van der Waals surface area (Å²) in [5, 5.41) is 4.86. The van der Waals surface area contributed by atoms with Crippen LogP contribution in [0.25, 0.3) is 16.5 Å². The molecule has 1 nitrogen and oxygen atoms in total. The van der Waals surface area contributed by atoms with Crippen LogP contribution in [0.1, 0.15) is 5.56 Å². The van der Waals surface area contributed by atoms with Crippen molar-refractivity contribution in [2.24, 2.45) is 0 Å². The lowest BCUT2D eigenvalue weighted by Crippen LogP contribution is -2.10. The number of rotatable bonds is 1. The molecule has 0 atom stereocenters. The second-order valence-electron chi connectivity index (χ2n) is 4.06. The molecule has 0 radical (unpaired) electrons. The smallest absolute Gasteiger partial charge is 0.0677 e. The summed E-state index contributed by atoms with van der Waals surface area (Å²) < 4.78 is 0. The Labute approximate surface area is 99.8 Å². The zero-order chi connectivity index (χ0) is 11.0. The third kappa shape index (κ3) is 1.59. The van der Waals surface area contributed by atoms with E-state index in [0.29, 0.717) is 0 Å². The molecular weight excluding hydrogens is 214 g/mol. The Morgan fingerprint density at radius 2 is 1.88 bits per heavy atom. The number of nitrogens with zero attached hydrogens (tertiary/aromatic N) is 1. The largest absolute Gasteiger partial charge is 0.364 e. The van der Waals surface area contributed by atoms with Crippen LogP contribution in [0.2, 0.25) is 0 Å². The van der Waals surface area contributed by atoms with Gasteiger partial charge in [0.25, 0.3) is 0 Å². The number of thioether (sulfide) groups is 1. The molecule has 0 N–H and O–H groups in total. The van der Waals surface area contributed by atoms with E-state index in [1.807, 2.05) is 11.8 Å². The van der Waals surface area contributed by atoms with Crippen LogP contribution in [-0.2, 0) is 0 Å². The summed E-state index contributed by atoms with van der Waals surface area (Å²) in [4.78, 5) is 2.29. The van der Waals surface area contributed by atoms with E-state index < -0.39 is 0 Å². The number of hydrogen-bond donors (Lipinski definition) is 0. The van der Waals surface area contributed by atoms with E-state index in [1.165, 1.54) is 22.0 Å². The van der Waals surface area contributed by atoms with Crippen LogP contribution >= 0.6 is 11.8 Å². The van der Waals surface area contributed by atoms with Gasteiger partial charge in [-0.25, -0.2) is 0 Å². The van der Waals surface area contributed by atoms with E-state index in [-0.39, 0.29) is 0 Å². The van der Waals surface area contributed by atoms with Crippen molar-refractivity contribution in [2.45, 2.75) is 0 Å². The van der Waals surface area contributed by atoms with Gasteiger partial charge in [0.15, 0.2) is 0 Å². The van der Waals surface area contributed by atoms with Gasteiger partial charge in [-0.05, 0) is 27.8 Å². The van der Waals surface area contributed by atoms with Gasteiger partial charge in [0.1, 0.15) is 0 Å². The van der Waals surface area contributed by atoms with E-state index in [4.69, 9.17) is 0 Å². The third-order valence-corrected chi connectivity index (χ3v) is 3.85. The van der Waals surface area contributed by atoms with Crippen LogP contribution in [0.5, 0.6) is 0 Å². The highest BCUT2D eigenvalue weighted by molar-refractivity contribution is 8.02. The first-order chi connectivity index (χ1) is 7.84. The van der Waals surface area contributed by atoms with E-state index in [0.717, 1.165) is 5.88 Å². The van der Waals surface area contributed by atoms with Gasteiger partial charge in [0.05, 0.1) is 11.6 Å². The fourth-order valence-electron chi connectivity index (χ4n) is 2.02. The average molecular weight is 227 g/mol. The number of benzene rings is 2. The van der Waals surface area contributed by atoms with Crippen LogP contribution in [0, 0.1) is 0 Å². The Morgan fingerprint density at radius 3 is 2.62 bits per heavy atom.